The van der Waals surface area contributed by atoms with E-state index in [0.717, 1.165) is 12.2 Å². The number of aliphatic carboxylic acids is 1. The number of furan rings is 1. The molecular formula is C14H19NO4. The van der Waals surface area contributed by atoms with E-state index in [2.05, 4.69) is 0 Å². The molecule has 0 aromatic carbocycles. The van der Waals surface area contributed by atoms with Gasteiger partial charge < -0.3 is 14.4 Å². The highest BCUT2D eigenvalue weighted by molar-refractivity contribution is 5.95. The number of carbonyl (C=O) groups is 2. The molecule has 0 bridgehead atoms. The van der Waals surface area contributed by atoms with E-state index in [0.29, 0.717) is 37.4 Å². The Hall–Kier alpha value is -1.78. The summed E-state index contributed by atoms with van der Waals surface area (Å²) in [5.41, 5.74) is 0.640. The minimum atomic E-state index is -0.770. The molecule has 1 aliphatic rings. The molecule has 0 saturated carbocycles. The van der Waals surface area contributed by atoms with Crippen LogP contribution in [-0.2, 0) is 11.2 Å². The Kier molecular flexibility index (Phi) is 4.24. The van der Waals surface area contributed by atoms with Gasteiger partial charge in [-0.1, -0.05) is 6.92 Å². The zero-order chi connectivity index (χ0) is 13.8. The number of likely N-dealkylation sites (tertiary alicyclic amines) is 1. The summed E-state index contributed by atoms with van der Waals surface area (Å²) in [6.07, 6.45) is 3.95. The summed E-state index contributed by atoms with van der Waals surface area (Å²) in [4.78, 5) is 24.7. The second-order valence-electron chi connectivity index (χ2n) is 4.95. The van der Waals surface area contributed by atoms with E-state index in [4.69, 9.17) is 9.52 Å². The van der Waals surface area contributed by atoms with Crippen molar-refractivity contribution in [2.75, 3.05) is 13.1 Å². The van der Waals surface area contributed by atoms with E-state index in [9.17, 15) is 9.59 Å². The summed E-state index contributed by atoms with van der Waals surface area (Å²) < 4.78 is 5.28. The molecule has 1 saturated heterocycles. The fourth-order valence-corrected chi connectivity index (χ4v) is 2.56. The molecule has 5 nitrogen and oxygen atoms in total. The summed E-state index contributed by atoms with van der Waals surface area (Å²) in [7, 11) is 0. The Morgan fingerprint density at radius 3 is 3.00 bits per heavy atom. The predicted octanol–water partition coefficient (Wildman–Crippen LogP) is 2.17. The summed E-state index contributed by atoms with van der Waals surface area (Å²) in [5.74, 6) is 0.257. The number of aryl methyl sites for hydroxylation is 1. The fraction of sp³-hybridized carbons (Fsp3) is 0.571. The average molecular weight is 265 g/mol. The molecule has 0 aliphatic carbocycles. The summed E-state index contributed by atoms with van der Waals surface area (Å²) in [6, 6.07) is 1.71. The van der Waals surface area contributed by atoms with Crippen LogP contribution in [0.1, 0.15) is 42.3 Å². The first-order valence-corrected chi connectivity index (χ1v) is 6.69. The predicted molar refractivity (Wildman–Crippen MR) is 69.0 cm³/mol. The van der Waals surface area contributed by atoms with Crippen molar-refractivity contribution in [3.63, 3.8) is 0 Å². The molecule has 1 aromatic rings. The number of rotatable bonds is 5. The molecule has 5 heteroatoms. The van der Waals surface area contributed by atoms with Crippen LogP contribution in [0, 0.1) is 5.92 Å². The standard InChI is InChI=1S/C14H19NO4/c1-2-12-11(6-8-19-12)14(18)15-7-5-10(9-15)3-4-13(16)17/h6,8,10H,2-5,7,9H2,1H3,(H,16,17). The Morgan fingerprint density at radius 1 is 1.53 bits per heavy atom. The maximum absolute atomic E-state index is 12.3. The van der Waals surface area contributed by atoms with Crippen molar-refractivity contribution in [1.29, 1.82) is 0 Å². The van der Waals surface area contributed by atoms with Crippen LogP contribution in [-0.4, -0.2) is 35.0 Å². The van der Waals surface area contributed by atoms with Gasteiger partial charge in [0.2, 0.25) is 0 Å². The van der Waals surface area contributed by atoms with Crippen molar-refractivity contribution in [2.45, 2.75) is 32.6 Å². The van der Waals surface area contributed by atoms with Gasteiger partial charge in [0, 0.05) is 25.9 Å². The van der Waals surface area contributed by atoms with Crippen LogP contribution >= 0.6 is 0 Å². The van der Waals surface area contributed by atoms with E-state index in [1.54, 1.807) is 17.2 Å². The third-order valence-corrected chi connectivity index (χ3v) is 3.64. The highest BCUT2D eigenvalue weighted by Gasteiger charge is 2.28. The number of carboxylic acids is 1. The van der Waals surface area contributed by atoms with Crippen molar-refractivity contribution < 1.29 is 19.1 Å². The van der Waals surface area contributed by atoms with Crippen molar-refractivity contribution in [2.24, 2.45) is 5.92 Å². The van der Waals surface area contributed by atoms with Crippen molar-refractivity contribution in [1.82, 2.24) is 4.90 Å². The van der Waals surface area contributed by atoms with Gasteiger partial charge in [-0.2, -0.15) is 0 Å². The Morgan fingerprint density at radius 2 is 2.32 bits per heavy atom. The zero-order valence-corrected chi connectivity index (χ0v) is 11.1. The van der Waals surface area contributed by atoms with Gasteiger partial charge in [-0.15, -0.1) is 0 Å². The summed E-state index contributed by atoms with van der Waals surface area (Å²) >= 11 is 0. The van der Waals surface area contributed by atoms with Crippen molar-refractivity contribution in [3.05, 3.63) is 23.7 Å². The van der Waals surface area contributed by atoms with Crippen LogP contribution in [0.5, 0.6) is 0 Å². The molecule has 2 heterocycles. The van der Waals surface area contributed by atoms with Gasteiger partial charge in [0.25, 0.3) is 5.91 Å². The summed E-state index contributed by atoms with van der Waals surface area (Å²) in [5, 5.41) is 8.67. The smallest absolute Gasteiger partial charge is 0.303 e. The van der Waals surface area contributed by atoms with E-state index in [1.807, 2.05) is 6.92 Å². The van der Waals surface area contributed by atoms with E-state index in [1.165, 1.54) is 0 Å². The quantitative estimate of drug-likeness (QED) is 0.885. The van der Waals surface area contributed by atoms with Gasteiger partial charge in [-0.3, -0.25) is 9.59 Å². The molecule has 0 spiro atoms. The first kappa shape index (κ1) is 13.6. The minimum Gasteiger partial charge on any atom is -0.481 e. The monoisotopic (exact) mass is 265 g/mol. The molecular weight excluding hydrogens is 246 g/mol. The Labute approximate surface area is 112 Å². The van der Waals surface area contributed by atoms with Gasteiger partial charge >= 0.3 is 5.97 Å². The third kappa shape index (κ3) is 3.16. The lowest BCUT2D eigenvalue weighted by atomic mass is 10.0. The molecule has 1 aromatic heterocycles. The number of carboxylic acid groups (broad SMARTS) is 1. The van der Waals surface area contributed by atoms with Gasteiger partial charge in [-0.05, 0) is 24.8 Å². The molecule has 1 aliphatic heterocycles. The van der Waals surface area contributed by atoms with E-state index >= 15 is 0 Å². The van der Waals surface area contributed by atoms with E-state index < -0.39 is 5.97 Å². The average Bonchev–Trinajstić information content (AvgIpc) is 3.04. The molecule has 104 valence electrons. The number of amides is 1. The van der Waals surface area contributed by atoms with Gasteiger partial charge in [0.05, 0.1) is 11.8 Å². The first-order chi connectivity index (χ1) is 9.11. The Balaban J connectivity index is 1.93. The van der Waals surface area contributed by atoms with Crippen molar-refractivity contribution >= 4 is 11.9 Å². The third-order valence-electron chi connectivity index (χ3n) is 3.64. The second-order valence-corrected chi connectivity index (χ2v) is 4.95. The SMILES string of the molecule is CCc1occc1C(=O)N1CCC(CCC(=O)O)C1. The van der Waals surface area contributed by atoms with Crippen LogP contribution in [0.15, 0.2) is 16.7 Å². The topological polar surface area (TPSA) is 70.8 Å². The lowest BCUT2D eigenvalue weighted by Crippen LogP contribution is -2.29. The molecule has 1 atom stereocenters. The number of hydrogen-bond acceptors (Lipinski definition) is 3. The van der Waals surface area contributed by atoms with Crippen LogP contribution in [0.25, 0.3) is 0 Å². The number of carbonyl (C=O) groups excluding carboxylic acids is 1. The second kappa shape index (κ2) is 5.91. The zero-order valence-electron chi connectivity index (χ0n) is 11.1. The molecule has 0 radical (unpaired) electrons. The minimum absolute atomic E-state index is 0.00317. The molecule has 2 rings (SSSR count). The van der Waals surface area contributed by atoms with Crippen LogP contribution < -0.4 is 0 Å². The lowest BCUT2D eigenvalue weighted by molar-refractivity contribution is -0.137. The van der Waals surface area contributed by atoms with Crippen LogP contribution in [0.4, 0.5) is 0 Å². The lowest BCUT2D eigenvalue weighted by Gasteiger charge is -2.16. The highest BCUT2D eigenvalue weighted by Crippen LogP contribution is 2.24. The first-order valence-electron chi connectivity index (χ1n) is 6.69. The molecule has 1 unspecified atom stereocenters. The Bertz CT molecular complexity index is 466. The highest BCUT2D eigenvalue weighted by atomic mass is 16.4. The molecule has 1 N–H and O–H groups in total. The fourth-order valence-electron chi connectivity index (χ4n) is 2.56. The maximum atomic E-state index is 12.3. The van der Waals surface area contributed by atoms with Crippen LogP contribution in [0.2, 0.25) is 0 Å². The summed E-state index contributed by atoms with van der Waals surface area (Å²) in [6.45, 7) is 3.31. The number of hydrogen-bond donors (Lipinski definition) is 1. The molecule has 19 heavy (non-hydrogen) atoms. The van der Waals surface area contributed by atoms with Gasteiger partial charge in [0.1, 0.15) is 5.76 Å². The van der Waals surface area contributed by atoms with E-state index in [-0.39, 0.29) is 12.3 Å². The van der Waals surface area contributed by atoms with Crippen molar-refractivity contribution in [3.8, 4) is 0 Å². The largest absolute Gasteiger partial charge is 0.481 e. The number of nitrogens with zero attached hydrogens (tertiary/aromatic N) is 1. The molecule has 1 fully saturated rings. The normalized spacial score (nSPS) is 18.8. The van der Waals surface area contributed by atoms with Crippen LogP contribution in [0.3, 0.4) is 0 Å². The maximum Gasteiger partial charge on any atom is 0.303 e. The van der Waals surface area contributed by atoms with Gasteiger partial charge in [-0.25, -0.2) is 0 Å². The van der Waals surface area contributed by atoms with Gasteiger partial charge in [0.15, 0.2) is 0 Å². The molecule has 1 amide bonds.